The van der Waals surface area contributed by atoms with E-state index in [1.54, 1.807) is 18.2 Å². The van der Waals surface area contributed by atoms with Crippen LogP contribution in [0.4, 0.5) is 5.69 Å². The number of carbonyl (C=O) groups excluding carboxylic acids is 2. The quantitative estimate of drug-likeness (QED) is 0.528. The summed E-state index contributed by atoms with van der Waals surface area (Å²) >= 11 is 0. The van der Waals surface area contributed by atoms with Crippen LogP contribution in [0.1, 0.15) is 26.3 Å². The van der Waals surface area contributed by atoms with Crippen molar-refractivity contribution in [1.29, 1.82) is 0 Å². The fourth-order valence-electron chi connectivity index (χ4n) is 4.05. The van der Waals surface area contributed by atoms with Crippen molar-refractivity contribution in [2.45, 2.75) is 6.54 Å². The van der Waals surface area contributed by atoms with Crippen LogP contribution in [-0.4, -0.2) is 21.3 Å². The third-order valence-electron chi connectivity index (χ3n) is 5.30. The maximum Gasteiger partial charge on any atom is 0.188 e. The molecule has 1 aliphatic carbocycles. The molecule has 6 nitrogen and oxygen atoms in total. The van der Waals surface area contributed by atoms with Gasteiger partial charge in [0.15, 0.2) is 11.6 Å². The minimum atomic E-state index is -0.205. The largest absolute Gasteiger partial charge is 0.733 e. The van der Waals surface area contributed by atoms with Crippen LogP contribution in [0.2, 0.25) is 0 Å². The highest BCUT2D eigenvalue weighted by Gasteiger charge is 2.25. The van der Waals surface area contributed by atoms with E-state index in [1.807, 2.05) is 41.0 Å². The van der Waals surface area contributed by atoms with Crippen LogP contribution in [0.5, 0.6) is 0 Å². The molecular weight excluding hydrogens is 368 g/mol. The zero-order valence-corrected chi connectivity index (χ0v) is 15.2. The van der Waals surface area contributed by atoms with E-state index < -0.39 is 0 Å². The van der Waals surface area contributed by atoms with E-state index in [0.29, 0.717) is 23.2 Å². The van der Waals surface area contributed by atoms with Gasteiger partial charge in [0.25, 0.3) is 0 Å². The lowest BCUT2D eigenvalue weighted by Gasteiger charge is -2.22. The zero-order valence-electron chi connectivity index (χ0n) is 15.2. The Balaban J connectivity index is 1.82. The third kappa shape index (κ3) is 2.66. The van der Waals surface area contributed by atoms with Gasteiger partial charge in [-0.1, -0.05) is 36.4 Å². The first-order chi connectivity index (χ1) is 14.0. The summed E-state index contributed by atoms with van der Waals surface area (Å²) in [4.78, 5) is 25.1. The number of nitrogens with zero attached hydrogens (tertiary/aromatic N) is 2. The second-order valence-electron chi connectivity index (χ2n) is 6.99. The molecule has 1 aromatic heterocycles. The minimum Gasteiger partial charge on any atom is -0.733 e. The summed E-state index contributed by atoms with van der Waals surface area (Å²) in [5.74, 6) is -0.397. The highest BCUT2D eigenvalue weighted by Crippen LogP contribution is 2.35. The Bertz CT molecular complexity index is 1350. The number of ketones is 2. The summed E-state index contributed by atoms with van der Waals surface area (Å²) in [6.07, 6.45) is 2.62. The monoisotopic (exact) mass is 383 g/mol. The standard InChI is InChI=1S/C23H15N2O4/c26-20-10-11-21(27)22-18(20)9-8-17-16-6-1-2-7-19(16)24(23(17)22)13-14-4-3-5-15(12-14)25(28)29/h1-12,28H,13H2/q-1. The van der Waals surface area contributed by atoms with Gasteiger partial charge in [-0.3, -0.25) is 14.8 Å². The first kappa shape index (κ1) is 17.4. The van der Waals surface area contributed by atoms with Crippen LogP contribution in [-0.2, 0) is 6.54 Å². The van der Waals surface area contributed by atoms with Gasteiger partial charge in [-0.2, -0.15) is 0 Å². The van der Waals surface area contributed by atoms with Crippen molar-refractivity contribution in [3.05, 3.63) is 94.7 Å². The van der Waals surface area contributed by atoms with E-state index in [4.69, 9.17) is 0 Å². The molecule has 1 aliphatic rings. The van der Waals surface area contributed by atoms with Gasteiger partial charge in [-0.25, -0.2) is 0 Å². The molecular formula is C23H15N2O4-. The molecule has 29 heavy (non-hydrogen) atoms. The van der Waals surface area contributed by atoms with Crippen LogP contribution >= 0.6 is 0 Å². The topological polar surface area (TPSA) is 85.6 Å². The molecule has 0 amide bonds. The summed E-state index contributed by atoms with van der Waals surface area (Å²) in [5, 5.41) is 22.2. The molecule has 0 unspecified atom stereocenters. The summed E-state index contributed by atoms with van der Waals surface area (Å²) in [6, 6.07) is 18.0. The maximum atomic E-state index is 12.7. The first-order valence-electron chi connectivity index (χ1n) is 9.10. The predicted octanol–water partition coefficient (Wildman–Crippen LogP) is 4.47. The Kier molecular flexibility index (Phi) is 3.84. The van der Waals surface area contributed by atoms with Gasteiger partial charge in [0.1, 0.15) is 0 Å². The van der Waals surface area contributed by atoms with Gasteiger partial charge < -0.3 is 15.0 Å². The Morgan fingerprint density at radius 1 is 0.897 bits per heavy atom. The van der Waals surface area contributed by atoms with Gasteiger partial charge in [0.2, 0.25) is 0 Å². The van der Waals surface area contributed by atoms with Crippen LogP contribution in [0.3, 0.4) is 0 Å². The minimum absolute atomic E-state index is 0.125. The SMILES string of the molecule is O=C1C=CC(=O)c2c1ccc1c3ccccc3n(Cc3cccc(N([O-])O)c3)c21. The predicted molar refractivity (Wildman–Crippen MR) is 110 cm³/mol. The van der Waals surface area contributed by atoms with Gasteiger partial charge in [0, 0.05) is 28.4 Å². The van der Waals surface area contributed by atoms with Crippen LogP contribution in [0, 0.1) is 5.21 Å². The lowest BCUT2D eigenvalue weighted by molar-refractivity contribution is 0.0995. The molecule has 0 aliphatic heterocycles. The highest BCUT2D eigenvalue weighted by atomic mass is 16.8. The summed E-state index contributed by atoms with van der Waals surface area (Å²) in [6.45, 7) is 0.368. The van der Waals surface area contributed by atoms with Gasteiger partial charge >= 0.3 is 0 Å². The molecule has 4 aromatic rings. The first-order valence-corrected chi connectivity index (χ1v) is 9.10. The number of allylic oxidation sites excluding steroid dienone is 2. The van der Waals surface area contributed by atoms with Crippen molar-refractivity contribution in [3.8, 4) is 0 Å². The Labute approximate surface area is 165 Å². The molecule has 1 N–H and O–H groups in total. The zero-order chi connectivity index (χ0) is 20.1. The molecule has 0 radical (unpaired) electrons. The van der Waals surface area contributed by atoms with E-state index in [9.17, 15) is 20.0 Å². The Morgan fingerprint density at radius 2 is 1.69 bits per heavy atom. The second kappa shape index (κ2) is 6.41. The fraction of sp³-hybridized carbons (Fsp3) is 0.0435. The van der Waals surface area contributed by atoms with Crippen molar-refractivity contribution in [2.75, 3.05) is 5.23 Å². The number of fused-ring (bicyclic) bond motifs is 5. The number of rotatable bonds is 3. The van der Waals surface area contributed by atoms with Crippen molar-refractivity contribution in [1.82, 2.24) is 4.57 Å². The number of carbonyl (C=O) groups is 2. The fourth-order valence-corrected chi connectivity index (χ4v) is 4.05. The number of para-hydroxylation sites is 1. The van der Waals surface area contributed by atoms with E-state index in [1.165, 1.54) is 18.2 Å². The lowest BCUT2D eigenvalue weighted by Crippen LogP contribution is -2.14. The normalized spacial score (nSPS) is 13.3. The molecule has 1 heterocycles. The van der Waals surface area contributed by atoms with E-state index in [-0.39, 0.29) is 22.5 Å². The lowest BCUT2D eigenvalue weighted by atomic mass is 9.92. The van der Waals surface area contributed by atoms with Crippen molar-refractivity contribution < 1.29 is 14.8 Å². The molecule has 0 fully saturated rings. The number of anilines is 1. The van der Waals surface area contributed by atoms with Gasteiger partial charge in [0.05, 0.1) is 16.8 Å². The molecule has 0 bridgehead atoms. The van der Waals surface area contributed by atoms with E-state index in [0.717, 1.165) is 21.9 Å². The van der Waals surface area contributed by atoms with E-state index in [2.05, 4.69) is 0 Å². The molecule has 0 saturated carbocycles. The second-order valence-corrected chi connectivity index (χ2v) is 6.99. The number of benzene rings is 3. The van der Waals surface area contributed by atoms with Crippen LogP contribution in [0.25, 0.3) is 21.8 Å². The average molecular weight is 383 g/mol. The van der Waals surface area contributed by atoms with E-state index >= 15 is 0 Å². The summed E-state index contributed by atoms with van der Waals surface area (Å²) in [5.41, 5.74) is 3.31. The van der Waals surface area contributed by atoms with Gasteiger partial charge in [-0.15, -0.1) is 0 Å². The molecule has 6 heteroatoms. The summed E-state index contributed by atoms with van der Waals surface area (Å²) < 4.78 is 1.99. The number of aromatic nitrogens is 1. The number of hydrogen-bond donors (Lipinski definition) is 1. The van der Waals surface area contributed by atoms with Crippen molar-refractivity contribution in [3.63, 3.8) is 0 Å². The van der Waals surface area contributed by atoms with Crippen molar-refractivity contribution >= 4 is 39.1 Å². The molecule has 0 atom stereocenters. The van der Waals surface area contributed by atoms with Crippen LogP contribution in [0.15, 0.2) is 72.8 Å². The highest BCUT2D eigenvalue weighted by molar-refractivity contribution is 6.28. The molecule has 142 valence electrons. The smallest absolute Gasteiger partial charge is 0.188 e. The third-order valence-corrected chi connectivity index (χ3v) is 5.30. The Morgan fingerprint density at radius 3 is 2.52 bits per heavy atom. The van der Waals surface area contributed by atoms with Crippen molar-refractivity contribution in [2.24, 2.45) is 0 Å². The van der Waals surface area contributed by atoms with Crippen LogP contribution < -0.4 is 5.23 Å². The molecule has 5 rings (SSSR count). The Hall–Kier alpha value is -3.74. The molecule has 3 aromatic carbocycles. The maximum absolute atomic E-state index is 12.7. The number of hydrogen-bond acceptors (Lipinski definition) is 5. The summed E-state index contributed by atoms with van der Waals surface area (Å²) in [7, 11) is 0. The average Bonchev–Trinajstić information content (AvgIpc) is 3.05. The van der Waals surface area contributed by atoms with Gasteiger partial charge in [-0.05, 0) is 42.0 Å². The molecule has 0 spiro atoms. The molecule has 0 saturated heterocycles.